The maximum atomic E-state index is 12.8. The molecule has 0 bridgehead atoms. The van der Waals surface area contributed by atoms with Crippen LogP contribution in [0, 0.1) is 6.92 Å². The molecule has 1 saturated heterocycles. The van der Waals surface area contributed by atoms with Crippen LogP contribution < -0.4 is 10.4 Å². The zero-order chi connectivity index (χ0) is 21.8. The van der Waals surface area contributed by atoms with E-state index in [1.807, 2.05) is 7.05 Å². The average molecular weight is 418 g/mol. The molecule has 1 aromatic heterocycles. The van der Waals surface area contributed by atoms with E-state index >= 15 is 0 Å². The number of aldehydes is 1. The summed E-state index contributed by atoms with van der Waals surface area (Å²) >= 11 is 0. The standard InChI is InChI=1S/C21H26N2O7/c1-13-14(10-18(26)23-6-4-22(2)5-7-23)21(27)30-20-15(12-24)16(25)11-17(19(13)20)29-9-8-28-3/h11-12,25H,4-10H2,1-3H3. The summed E-state index contributed by atoms with van der Waals surface area (Å²) < 4.78 is 16.1. The molecule has 0 radical (unpaired) electrons. The molecule has 1 aliphatic heterocycles. The van der Waals surface area contributed by atoms with Crippen molar-refractivity contribution in [3.05, 3.63) is 33.2 Å². The zero-order valence-corrected chi connectivity index (χ0v) is 17.4. The van der Waals surface area contributed by atoms with Gasteiger partial charge in [-0.25, -0.2) is 4.79 Å². The topological polar surface area (TPSA) is 110 Å². The number of carbonyl (C=O) groups excluding carboxylic acids is 2. The van der Waals surface area contributed by atoms with Crippen molar-refractivity contribution < 1.29 is 28.6 Å². The second-order valence-corrected chi connectivity index (χ2v) is 7.32. The van der Waals surface area contributed by atoms with Crippen molar-refractivity contribution in [2.75, 3.05) is 53.6 Å². The normalized spacial score (nSPS) is 14.8. The van der Waals surface area contributed by atoms with Gasteiger partial charge in [0, 0.05) is 39.4 Å². The highest BCUT2D eigenvalue weighted by atomic mass is 16.5. The molecule has 0 saturated carbocycles. The minimum atomic E-state index is -0.709. The minimum Gasteiger partial charge on any atom is -0.507 e. The fourth-order valence-corrected chi connectivity index (χ4v) is 3.54. The molecule has 0 spiro atoms. The van der Waals surface area contributed by atoms with E-state index in [9.17, 15) is 19.5 Å². The lowest BCUT2D eigenvalue weighted by molar-refractivity contribution is -0.132. The summed E-state index contributed by atoms with van der Waals surface area (Å²) in [6.45, 7) is 4.93. The molecule has 2 aromatic rings. The SMILES string of the molecule is COCCOc1cc(O)c(C=O)c2oc(=O)c(CC(=O)N3CCN(C)CC3)c(C)c12. The molecule has 1 aromatic carbocycles. The molecule has 1 fully saturated rings. The van der Waals surface area contributed by atoms with E-state index in [-0.39, 0.29) is 47.1 Å². The Morgan fingerprint density at radius 3 is 2.60 bits per heavy atom. The summed E-state index contributed by atoms with van der Waals surface area (Å²) in [5.74, 6) is -0.262. The Hall–Kier alpha value is -2.91. The Morgan fingerprint density at radius 2 is 1.97 bits per heavy atom. The van der Waals surface area contributed by atoms with Gasteiger partial charge in [-0.05, 0) is 19.5 Å². The average Bonchev–Trinajstić information content (AvgIpc) is 2.71. The molecule has 0 aliphatic carbocycles. The highest BCUT2D eigenvalue weighted by molar-refractivity contribution is 6.02. The predicted molar refractivity (Wildman–Crippen MR) is 109 cm³/mol. The minimum absolute atomic E-state index is 0.0595. The van der Waals surface area contributed by atoms with Crippen LogP contribution in [0.3, 0.4) is 0 Å². The third kappa shape index (κ3) is 4.31. The van der Waals surface area contributed by atoms with E-state index in [0.717, 1.165) is 13.1 Å². The highest BCUT2D eigenvalue weighted by Gasteiger charge is 2.25. The molecule has 3 rings (SSSR count). The summed E-state index contributed by atoms with van der Waals surface area (Å²) in [5.41, 5.74) is -0.208. The molecular weight excluding hydrogens is 392 g/mol. The summed E-state index contributed by atoms with van der Waals surface area (Å²) in [6, 6.07) is 1.31. The second-order valence-electron chi connectivity index (χ2n) is 7.32. The number of methoxy groups -OCH3 is 1. The number of phenols is 1. The van der Waals surface area contributed by atoms with Gasteiger partial charge in [-0.15, -0.1) is 0 Å². The third-order valence-corrected chi connectivity index (χ3v) is 5.38. The van der Waals surface area contributed by atoms with E-state index in [1.54, 1.807) is 11.8 Å². The summed E-state index contributed by atoms with van der Waals surface area (Å²) in [6.07, 6.45) is 0.316. The van der Waals surface area contributed by atoms with Crippen molar-refractivity contribution in [1.29, 1.82) is 0 Å². The number of likely N-dealkylation sites (N-methyl/N-ethyl adjacent to an activating group) is 1. The number of rotatable bonds is 7. The lowest BCUT2D eigenvalue weighted by Crippen LogP contribution is -2.47. The molecule has 0 unspecified atom stereocenters. The van der Waals surface area contributed by atoms with E-state index in [2.05, 4.69) is 4.90 Å². The van der Waals surface area contributed by atoms with Crippen molar-refractivity contribution in [1.82, 2.24) is 9.80 Å². The monoisotopic (exact) mass is 418 g/mol. The number of amides is 1. The Bertz CT molecular complexity index is 1010. The maximum Gasteiger partial charge on any atom is 0.340 e. The Kier molecular flexibility index (Phi) is 6.73. The zero-order valence-electron chi connectivity index (χ0n) is 17.4. The molecule has 1 aliphatic rings. The number of phenolic OH excluding ortho intramolecular Hbond substituents is 1. The molecule has 1 N–H and O–H groups in total. The lowest BCUT2D eigenvalue weighted by atomic mass is 9.99. The highest BCUT2D eigenvalue weighted by Crippen LogP contribution is 2.36. The first kappa shape index (κ1) is 21.8. The van der Waals surface area contributed by atoms with E-state index in [0.29, 0.717) is 36.9 Å². The van der Waals surface area contributed by atoms with Crippen molar-refractivity contribution in [2.24, 2.45) is 0 Å². The van der Waals surface area contributed by atoms with Crippen LogP contribution >= 0.6 is 0 Å². The molecule has 9 nitrogen and oxygen atoms in total. The quantitative estimate of drug-likeness (QED) is 0.402. The maximum absolute atomic E-state index is 12.8. The van der Waals surface area contributed by atoms with Crippen LogP contribution in [0.5, 0.6) is 11.5 Å². The van der Waals surface area contributed by atoms with Gasteiger partial charge in [-0.2, -0.15) is 0 Å². The largest absolute Gasteiger partial charge is 0.507 e. The summed E-state index contributed by atoms with van der Waals surface area (Å²) in [5, 5.41) is 10.5. The van der Waals surface area contributed by atoms with Gasteiger partial charge in [0.1, 0.15) is 18.1 Å². The number of carbonyl (C=O) groups is 2. The van der Waals surface area contributed by atoms with Crippen LogP contribution in [0.4, 0.5) is 0 Å². The van der Waals surface area contributed by atoms with Crippen molar-refractivity contribution in [3.63, 3.8) is 0 Å². The van der Waals surface area contributed by atoms with E-state index in [4.69, 9.17) is 13.9 Å². The van der Waals surface area contributed by atoms with Gasteiger partial charge in [-0.1, -0.05) is 0 Å². The van der Waals surface area contributed by atoms with Crippen molar-refractivity contribution >= 4 is 23.2 Å². The number of ether oxygens (including phenoxy) is 2. The van der Waals surface area contributed by atoms with Crippen LogP contribution in [0.2, 0.25) is 0 Å². The van der Waals surface area contributed by atoms with Crippen molar-refractivity contribution in [2.45, 2.75) is 13.3 Å². The molecule has 0 atom stereocenters. The first-order valence-corrected chi connectivity index (χ1v) is 9.72. The molecule has 30 heavy (non-hydrogen) atoms. The van der Waals surface area contributed by atoms with Crippen molar-refractivity contribution in [3.8, 4) is 11.5 Å². The van der Waals surface area contributed by atoms with Gasteiger partial charge in [0.2, 0.25) is 5.91 Å². The molecule has 1 amide bonds. The van der Waals surface area contributed by atoms with Crippen LogP contribution in [0.1, 0.15) is 21.5 Å². The van der Waals surface area contributed by atoms with Gasteiger partial charge >= 0.3 is 5.63 Å². The van der Waals surface area contributed by atoms with Gasteiger partial charge in [0.25, 0.3) is 0 Å². The molecule has 162 valence electrons. The molecule has 2 heterocycles. The molecular formula is C21H26N2O7. The smallest absolute Gasteiger partial charge is 0.340 e. The van der Waals surface area contributed by atoms with Crippen LogP contribution in [0.15, 0.2) is 15.3 Å². The summed E-state index contributed by atoms with van der Waals surface area (Å²) in [7, 11) is 3.52. The predicted octanol–water partition coefficient (Wildman–Crippen LogP) is 0.961. The lowest BCUT2D eigenvalue weighted by Gasteiger charge is -2.32. The number of aromatic hydroxyl groups is 1. The second kappa shape index (κ2) is 9.27. The number of piperazine rings is 1. The fourth-order valence-electron chi connectivity index (χ4n) is 3.54. The van der Waals surface area contributed by atoms with Gasteiger partial charge in [0.15, 0.2) is 11.9 Å². The van der Waals surface area contributed by atoms with Crippen LogP contribution in [-0.2, 0) is 16.0 Å². The third-order valence-electron chi connectivity index (χ3n) is 5.38. The van der Waals surface area contributed by atoms with Gasteiger partial charge < -0.3 is 28.8 Å². The van der Waals surface area contributed by atoms with Crippen LogP contribution in [0.25, 0.3) is 11.0 Å². The number of hydrogen-bond donors (Lipinski definition) is 1. The van der Waals surface area contributed by atoms with Crippen LogP contribution in [-0.4, -0.2) is 80.6 Å². The first-order valence-electron chi connectivity index (χ1n) is 9.72. The number of hydrogen-bond acceptors (Lipinski definition) is 8. The van der Waals surface area contributed by atoms with Gasteiger partial charge in [-0.3, -0.25) is 9.59 Å². The molecule has 9 heteroatoms. The van der Waals surface area contributed by atoms with E-state index < -0.39 is 5.63 Å². The number of nitrogens with zero attached hydrogens (tertiary/aromatic N) is 2. The fraction of sp³-hybridized carbons (Fsp3) is 0.476. The van der Waals surface area contributed by atoms with E-state index in [1.165, 1.54) is 13.2 Å². The van der Waals surface area contributed by atoms with Gasteiger partial charge in [0.05, 0.1) is 29.5 Å². The first-order chi connectivity index (χ1) is 14.4. The summed E-state index contributed by atoms with van der Waals surface area (Å²) in [4.78, 5) is 40.8. The Labute approximate surface area is 173 Å². The Balaban J connectivity index is 2.04. The number of aryl methyl sites for hydroxylation is 1. The Morgan fingerprint density at radius 1 is 1.27 bits per heavy atom. The number of fused-ring (bicyclic) bond motifs is 1. The number of benzene rings is 1.